The van der Waals surface area contributed by atoms with Crippen molar-refractivity contribution in [2.45, 2.75) is 12.3 Å². The van der Waals surface area contributed by atoms with E-state index < -0.39 is 0 Å². The number of rotatable bonds is 2. The summed E-state index contributed by atoms with van der Waals surface area (Å²) in [7, 11) is 0. The molecule has 58 valence electrons. The van der Waals surface area contributed by atoms with Crippen molar-refractivity contribution in [3.63, 3.8) is 0 Å². The Kier molecular flexibility index (Phi) is 1.56. The second-order valence-electron chi connectivity index (χ2n) is 2.93. The van der Waals surface area contributed by atoms with Crippen molar-refractivity contribution in [2.75, 3.05) is 6.67 Å². The molecule has 0 saturated heterocycles. The molecular formula is C8H9FN2. The first kappa shape index (κ1) is 6.70. The highest BCUT2D eigenvalue weighted by atomic mass is 19.1. The summed E-state index contributed by atoms with van der Waals surface area (Å²) in [6.45, 7) is -0.201. The van der Waals surface area contributed by atoms with Gasteiger partial charge in [0.25, 0.3) is 0 Å². The van der Waals surface area contributed by atoms with Crippen molar-refractivity contribution in [3.05, 3.63) is 24.0 Å². The fourth-order valence-electron chi connectivity index (χ4n) is 1.35. The van der Waals surface area contributed by atoms with Gasteiger partial charge in [0.1, 0.15) is 0 Å². The molecule has 1 fully saturated rings. The molecule has 0 spiro atoms. The predicted molar refractivity (Wildman–Crippen MR) is 38.9 cm³/mol. The van der Waals surface area contributed by atoms with Crippen molar-refractivity contribution >= 4 is 0 Å². The van der Waals surface area contributed by atoms with Gasteiger partial charge in [-0.05, 0) is 29.9 Å². The van der Waals surface area contributed by atoms with E-state index in [1.54, 1.807) is 12.4 Å². The number of hydrogen-bond donors (Lipinski definition) is 0. The zero-order valence-corrected chi connectivity index (χ0v) is 6.07. The van der Waals surface area contributed by atoms with Gasteiger partial charge in [-0.25, -0.2) is 0 Å². The molecule has 0 radical (unpaired) electrons. The average molecular weight is 152 g/mol. The Morgan fingerprint density at radius 3 is 3.00 bits per heavy atom. The summed E-state index contributed by atoms with van der Waals surface area (Å²) >= 11 is 0. The van der Waals surface area contributed by atoms with Crippen LogP contribution in [-0.2, 0) is 0 Å². The van der Waals surface area contributed by atoms with Crippen LogP contribution in [-0.4, -0.2) is 16.9 Å². The first-order valence-electron chi connectivity index (χ1n) is 3.74. The Morgan fingerprint density at radius 1 is 1.55 bits per heavy atom. The van der Waals surface area contributed by atoms with Crippen LogP contribution >= 0.6 is 0 Å². The van der Waals surface area contributed by atoms with Crippen molar-refractivity contribution in [1.29, 1.82) is 0 Å². The lowest BCUT2D eigenvalue weighted by Gasteiger charge is -1.93. The third kappa shape index (κ3) is 1.23. The average Bonchev–Trinajstić information content (AvgIpc) is 2.85. The van der Waals surface area contributed by atoms with Crippen molar-refractivity contribution in [3.8, 4) is 0 Å². The largest absolute Gasteiger partial charge is 0.251 e. The molecule has 1 aromatic rings. The summed E-state index contributed by atoms with van der Waals surface area (Å²) in [5.74, 6) is 0.662. The second-order valence-corrected chi connectivity index (χ2v) is 2.93. The zero-order valence-electron chi connectivity index (χ0n) is 6.07. The van der Waals surface area contributed by atoms with E-state index in [4.69, 9.17) is 0 Å². The Morgan fingerprint density at radius 2 is 2.45 bits per heavy atom. The molecule has 1 heterocycles. The summed E-state index contributed by atoms with van der Waals surface area (Å²) in [4.78, 5) is 0. The molecule has 1 aliphatic carbocycles. The maximum absolute atomic E-state index is 12.1. The SMILES string of the molecule is FC[C@@H]1C[C@H]1c1ccnnc1. The van der Waals surface area contributed by atoms with Gasteiger partial charge in [-0.2, -0.15) is 10.2 Å². The van der Waals surface area contributed by atoms with E-state index in [1.165, 1.54) is 0 Å². The molecule has 2 rings (SSSR count). The van der Waals surface area contributed by atoms with E-state index >= 15 is 0 Å². The molecule has 0 amide bonds. The summed E-state index contributed by atoms with van der Waals surface area (Å²) in [6, 6.07) is 1.91. The third-order valence-corrected chi connectivity index (χ3v) is 2.16. The van der Waals surface area contributed by atoms with Gasteiger partial charge in [-0.1, -0.05) is 0 Å². The molecule has 2 atom stereocenters. The first-order chi connectivity index (χ1) is 5.42. The third-order valence-electron chi connectivity index (χ3n) is 2.16. The predicted octanol–water partition coefficient (Wildman–Crippen LogP) is 1.55. The maximum atomic E-state index is 12.1. The van der Waals surface area contributed by atoms with Gasteiger partial charge in [0.05, 0.1) is 12.9 Å². The summed E-state index contributed by atoms with van der Waals surface area (Å²) < 4.78 is 12.1. The van der Waals surface area contributed by atoms with Gasteiger partial charge in [0, 0.05) is 6.20 Å². The van der Waals surface area contributed by atoms with E-state index in [2.05, 4.69) is 10.2 Å². The Bertz CT molecular complexity index is 237. The van der Waals surface area contributed by atoms with E-state index in [0.717, 1.165) is 12.0 Å². The molecule has 1 saturated carbocycles. The maximum Gasteiger partial charge on any atom is 0.0928 e. The molecule has 0 aromatic carbocycles. The van der Waals surface area contributed by atoms with E-state index in [9.17, 15) is 4.39 Å². The van der Waals surface area contributed by atoms with Crippen LogP contribution in [0, 0.1) is 5.92 Å². The van der Waals surface area contributed by atoms with Crippen LogP contribution in [0.5, 0.6) is 0 Å². The fraction of sp³-hybridized carbons (Fsp3) is 0.500. The Hall–Kier alpha value is -0.990. The Labute approximate surface area is 64.5 Å². The van der Waals surface area contributed by atoms with Crippen molar-refractivity contribution in [2.24, 2.45) is 5.92 Å². The van der Waals surface area contributed by atoms with E-state index in [0.29, 0.717) is 5.92 Å². The van der Waals surface area contributed by atoms with Crippen molar-refractivity contribution < 1.29 is 4.39 Å². The Balaban J connectivity index is 2.09. The monoisotopic (exact) mass is 152 g/mol. The lowest BCUT2D eigenvalue weighted by Crippen LogP contribution is -1.87. The van der Waals surface area contributed by atoms with Crippen LogP contribution < -0.4 is 0 Å². The molecular weight excluding hydrogens is 143 g/mol. The van der Waals surface area contributed by atoms with Gasteiger partial charge in [0.15, 0.2) is 0 Å². The normalized spacial score (nSPS) is 28.5. The van der Waals surface area contributed by atoms with Gasteiger partial charge >= 0.3 is 0 Å². The quantitative estimate of drug-likeness (QED) is 0.642. The van der Waals surface area contributed by atoms with Gasteiger partial charge < -0.3 is 0 Å². The van der Waals surface area contributed by atoms with Gasteiger partial charge in [0.2, 0.25) is 0 Å². The highest BCUT2D eigenvalue weighted by Gasteiger charge is 2.38. The first-order valence-corrected chi connectivity index (χ1v) is 3.74. The van der Waals surface area contributed by atoms with Gasteiger partial charge in [-0.3, -0.25) is 4.39 Å². The molecule has 3 heteroatoms. The van der Waals surface area contributed by atoms with E-state index in [-0.39, 0.29) is 12.6 Å². The molecule has 0 N–H and O–H groups in total. The number of aromatic nitrogens is 2. The molecule has 1 aliphatic rings. The highest BCUT2D eigenvalue weighted by Crippen LogP contribution is 2.47. The number of hydrogen-bond acceptors (Lipinski definition) is 2. The van der Waals surface area contributed by atoms with Gasteiger partial charge in [-0.15, -0.1) is 0 Å². The number of alkyl halides is 1. The molecule has 0 unspecified atom stereocenters. The standard InChI is InChI=1S/C8H9FN2/c9-4-7-3-8(7)6-1-2-10-11-5-6/h1-2,5,7-8H,3-4H2/t7-,8-/m0/s1. The highest BCUT2D eigenvalue weighted by molar-refractivity contribution is 5.20. The second kappa shape index (κ2) is 2.57. The topological polar surface area (TPSA) is 25.8 Å². The van der Waals surface area contributed by atoms with Crippen LogP contribution in [0.1, 0.15) is 17.9 Å². The number of nitrogens with zero attached hydrogens (tertiary/aromatic N) is 2. The lowest BCUT2D eigenvalue weighted by atomic mass is 10.2. The minimum absolute atomic E-state index is 0.201. The molecule has 1 aromatic heterocycles. The minimum atomic E-state index is -0.201. The molecule has 11 heavy (non-hydrogen) atoms. The van der Waals surface area contributed by atoms with Crippen LogP contribution in [0.25, 0.3) is 0 Å². The summed E-state index contributed by atoms with van der Waals surface area (Å²) in [6.07, 6.45) is 4.35. The lowest BCUT2D eigenvalue weighted by molar-refractivity contribution is 0.452. The fourth-order valence-corrected chi connectivity index (χ4v) is 1.35. The molecule has 0 aliphatic heterocycles. The van der Waals surface area contributed by atoms with Crippen LogP contribution in [0.15, 0.2) is 18.5 Å². The summed E-state index contributed by atoms with van der Waals surface area (Å²) in [5.41, 5.74) is 1.13. The van der Waals surface area contributed by atoms with Crippen LogP contribution in [0.4, 0.5) is 4.39 Å². The minimum Gasteiger partial charge on any atom is -0.251 e. The van der Waals surface area contributed by atoms with E-state index in [1.807, 2.05) is 6.07 Å². The van der Waals surface area contributed by atoms with Crippen LogP contribution in [0.2, 0.25) is 0 Å². The smallest absolute Gasteiger partial charge is 0.0928 e. The number of halogens is 1. The summed E-state index contributed by atoms with van der Waals surface area (Å²) in [5, 5.41) is 7.40. The molecule has 0 bridgehead atoms. The zero-order chi connectivity index (χ0) is 7.68. The van der Waals surface area contributed by atoms with Crippen LogP contribution in [0.3, 0.4) is 0 Å². The molecule has 2 nitrogen and oxygen atoms in total. The van der Waals surface area contributed by atoms with Crippen molar-refractivity contribution in [1.82, 2.24) is 10.2 Å².